The highest BCUT2D eigenvalue weighted by Gasteiger charge is 2.11. The molecule has 0 spiro atoms. The summed E-state index contributed by atoms with van der Waals surface area (Å²) < 4.78 is 6.34. The Labute approximate surface area is 179 Å². The molecular formula is C27H54O. The van der Waals surface area contributed by atoms with Crippen molar-refractivity contribution in [3.8, 4) is 0 Å². The predicted molar refractivity (Wildman–Crippen MR) is 128 cm³/mol. The van der Waals surface area contributed by atoms with Crippen LogP contribution in [0.5, 0.6) is 0 Å². The molecule has 0 rings (SSSR count). The zero-order valence-corrected chi connectivity index (χ0v) is 20.2. The van der Waals surface area contributed by atoms with E-state index in [-0.39, 0.29) is 0 Å². The molecule has 1 nitrogen and oxygen atoms in total. The Kier molecular flexibility index (Phi) is 20.9. The molecule has 0 aliphatic carbocycles. The van der Waals surface area contributed by atoms with Crippen LogP contribution in [0.2, 0.25) is 0 Å². The van der Waals surface area contributed by atoms with Crippen LogP contribution in [0.25, 0.3) is 0 Å². The molecule has 0 aliphatic heterocycles. The van der Waals surface area contributed by atoms with Crippen LogP contribution in [-0.2, 0) is 4.74 Å². The van der Waals surface area contributed by atoms with Crippen molar-refractivity contribution in [3.05, 3.63) is 12.3 Å². The quantitative estimate of drug-likeness (QED) is 0.131. The summed E-state index contributed by atoms with van der Waals surface area (Å²) in [6, 6.07) is 0. The van der Waals surface area contributed by atoms with Crippen LogP contribution >= 0.6 is 0 Å². The fourth-order valence-electron chi connectivity index (χ4n) is 3.91. The number of unbranched alkanes of at least 4 members (excludes halogenated alkanes) is 12. The molecule has 0 aromatic heterocycles. The first-order chi connectivity index (χ1) is 13.6. The largest absolute Gasteiger partial charge is 0.495 e. The van der Waals surface area contributed by atoms with E-state index in [1.165, 1.54) is 116 Å². The molecule has 0 aromatic rings. The van der Waals surface area contributed by atoms with Gasteiger partial charge in [0.15, 0.2) is 0 Å². The second-order valence-corrected chi connectivity index (χ2v) is 9.38. The van der Waals surface area contributed by atoms with Gasteiger partial charge in [-0.1, -0.05) is 118 Å². The maximum absolute atomic E-state index is 6.34. The Morgan fingerprint density at radius 1 is 0.607 bits per heavy atom. The van der Waals surface area contributed by atoms with Gasteiger partial charge in [-0.05, 0) is 38.0 Å². The molecule has 168 valence electrons. The van der Waals surface area contributed by atoms with Gasteiger partial charge in [-0.2, -0.15) is 0 Å². The minimum atomic E-state index is 0.417. The molecule has 0 atom stereocenters. The molecule has 0 amide bonds. The van der Waals surface area contributed by atoms with Crippen LogP contribution in [-0.4, -0.2) is 6.10 Å². The lowest BCUT2D eigenvalue weighted by molar-refractivity contribution is 0.0895. The van der Waals surface area contributed by atoms with Gasteiger partial charge in [-0.15, -0.1) is 0 Å². The predicted octanol–water partition coefficient (Wildman–Crippen LogP) is 9.99. The van der Waals surface area contributed by atoms with Gasteiger partial charge in [-0.25, -0.2) is 0 Å². The SMILES string of the molecule is C=C(CCCCCC(C)C)OC(CCCCCCCC)CCCCCCCC. The fraction of sp³-hybridized carbons (Fsp3) is 0.926. The first kappa shape index (κ1) is 27.5. The molecule has 0 saturated heterocycles. The third-order valence-corrected chi connectivity index (χ3v) is 5.83. The normalized spacial score (nSPS) is 11.5. The minimum absolute atomic E-state index is 0.417. The molecule has 0 saturated carbocycles. The van der Waals surface area contributed by atoms with E-state index in [9.17, 15) is 0 Å². The number of ether oxygens (including phenoxy) is 1. The Balaban J connectivity index is 4.02. The van der Waals surface area contributed by atoms with Crippen molar-refractivity contribution in [2.45, 2.75) is 156 Å². The second kappa shape index (κ2) is 21.3. The van der Waals surface area contributed by atoms with E-state index >= 15 is 0 Å². The lowest BCUT2D eigenvalue weighted by atomic mass is 10.0. The fourth-order valence-corrected chi connectivity index (χ4v) is 3.91. The monoisotopic (exact) mass is 394 g/mol. The highest BCUT2D eigenvalue weighted by molar-refractivity contribution is 4.84. The van der Waals surface area contributed by atoms with Gasteiger partial charge < -0.3 is 4.74 Å². The molecule has 0 aliphatic rings. The Hall–Kier alpha value is -0.460. The smallest absolute Gasteiger partial charge is 0.0982 e. The minimum Gasteiger partial charge on any atom is -0.495 e. The van der Waals surface area contributed by atoms with Crippen molar-refractivity contribution in [2.75, 3.05) is 0 Å². The van der Waals surface area contributed by atoms with Crippen molar-refractivity contribution >= 4 is 0 Å². The highest BCUT2D eigenvalue weighted by atomic mass is 16.5. The molecule has 0 unspecified atom stereocenters. The standard InChI is InChI=1S/C27H54O/c1-6-8-10-12-14-19-23-27(24-20-15-13-11-9-7-2)28-26(5)22-18-16-17-21-25(3)4/h25,27H,5-24H2,1-4H3. The van der Waals surface area contributed by atoms with E-state index in [4.69, 9.17) is 4.74 Å². The molecule has 0 aromatic carbocycles. The summed E-state index contributed by atoms with van der Waals surface area (Å²) in [4.78, 5) is 0. The van der Waals surface area contributed by atoms with Crippen molar-refractivity contribution in [3.63, 3.8) is 0 Å². The second-order valence-electron chi connectivity index (χ2n) is 9.38. The molecule has 0 fully saturated rings. The molecule has 0 radical (unpaired) electrons. The Morgan fingerprint density at radius 2 is 1.04 bits per heavy atom. The third-order valence-electron chi connectivity index (χ3n) is 5.83. The Bertz CT molecular complexity index is 304. The summed E-state index contributed by atoms with van der Waals surface area (Å²) in [7, 11) is 0. The van der Waals surface area contributed by atoms with Crippen LogP contribution in [0.15, 0.2) is 12.3 Å². The van der Waals surface area contributed by atoms with Crippen molar-refractivity contribution in [2.24, 2.45) is 5.92 Å². The maximum Gasteiger partial charge on any atom is 0.0982 e. The summed E-state index contributed by atoms with van der Waals surface area (Å²) in [5, 5.41) is 0. The van der Waals surface area contributed by atoms with Crippen LogP contribution in [0.4, 0.5) is 0 Å². The van der Waals surface area contributed by atoms with Crippen LogP contribution in [0.3, 0.4) is 0 Å². The molecule has 0 bridgehead atoms. The first-order valence-corrected chi connectivity index (χ1v) is 12.9. The summed E-state index contributed by atoms with van der Waals surface area (Å²) in [6.45, 7) is 13.5. The van der Waals surface area contributed by atoms with E-state index in [2.05, 4.69) is 34.3 Å². The molecular weight excluding hydrogens is 340 g/mol. The molecule has 0 heterocycles. The number of allylic oxidation sites excluding steroid dienone is 1. The molecule has 28 heavy (non-hydrogen) atoms. The van der Waals surface area contributed by atoms with Crippen molar-refractivity contribution in [1.29, 1.82) is 0 Å². The summed E-state index contributed by atoms with van der Waals surface area (Å²) >= 11 is 0. The lowest BCUT2D eigenvalue weighted by Gasteiger charge is -2.21. The van der Waals surface area contributed by atoms with E-state index in [1.54, 1.807) is 0 Å². The van der Waals surface area contributed by atoms with Gasteiger partial charge in [0.2, 0.25) is 0 Å². The topological polar surface area (TPSA) is 9.23 Å². The van der Waals surface area contributed by atoms with E-state index in [0.717, 1.165) is 18.1 Å². The van der Waals surface area contributed by atoms with Gasteiger partial charge in [0.1, 0.15) is 0 Å². The third kappa shape index (κ3) is 20.3. The summed E-state index contributed by atoms with van der Waals surface area (Å²) in [5.41, 5.74) is 0. The van der Waals surface area contributed by atoms with Gasteiger partial charge in [-0.3, -0.25) is 0 Å². The van der Waals surface area contributed by atoms with Gasteiger partial charge in [0.05, 0.1) is 11.9 Å². The van der Waals surface area contributed by atoms with E-state index < -0.39 is 0 Å². The van der Waals surface area contributed by atoms with Gasteiger partial charge in [0.25, 0.3) is 0 Å². The summed E-state index contributed by atoms with van der Waals surface area (Å²) in [5.74, 6) is 1.88. The van der Waals surface area contributed by atoms with Crippen LogP contribution in [0, 0.1) is 5.92 Å². The highest BCUT2D eigenvalue weighted by Crippen LogP contribution is 2.21. The average Bonchev–Trinajstić information content (AvgIpc) is 2.66. The van der Waals surface area contributed by atoms with Gasteiger partial charge >= 0.3 is 0 Å². The Morgan fingerprint density at radius 3 is 1.54 bits per heavy atom. The molecule has 1 heteroatoms. The van der Waals surface area contributed by atoms with Crippen LogP contribution in [0.1, 0.15) is 150 Å². The van der Waals surface area contributed by atoms with Crippen molar-refractivity contribution in [1.82, 2.24) is 0 Å². The maximum atomic E-state index is 6.34. The van der Waals surface area contributed by atoms with Crippen LogP contribution < -0.4 is 0 Å². The molecule has 0 N–H and O–H groups in total. The number of hydrogen-bond donors (Lipinski definition) is 0. The zero-order chi connectivity index (χ0) is 20.9. The summed E-state index contributed by atoms with van der Waals surface area (Å²) in [6.07, 6.45) is 25.7. The number of hydrogen-bond acceptors (Lipinski definition) is 1. The van der Waals surface area contributed by atoms with E-state index in [0.29, 0.717) is 6.10 Å². The van der Waals surface area contributed by atoms with Gasteiger partial charge in [0, 0.05) is 6.42 Å². The lowest BCUT2D eigenvalue weighted by Crippen LogP contribution is -2.13. The van der Waals surface area contributed by atoms with Crippen molar-refractivity contribution < 1.29 is 4.74 Å². The van der Waals surface area contributed by atoms with E-state index in [1.807, 2.05) is 0 Å². The zero-order valence-electron chi connectivity index (χ0n) is 20.2. The number of rotatable bonds is 22. The average molecular weight is 395 g/mol. The first-order valence-electron chi connectivity index (χ1n) is 12.9.